The van der Waals surface area contributed by atoms with E-state index in [1.54, 1.807) is 0 Å². The Morgan fingerprint density at radius 2 is 1.95 bits per heavy atom. The van der Waals surface area contributed by atoms with E-state index in [-0.39, 0.29) is 5.04 Å². The molecule has 0 bridgehead atoms. The predicted octanol–water partition coefficient (Wildman–Crippen LogP) is 3.65. The van der Waals surface area contributed by atoms with Crippen LogP contribution in [0, 0.1) is 0 Å². The fourth-order valence-electron chi connectivity index (χ4n) is 2.47. The van der Waals surface area contributed by atoms with Gasteiger partial charge in [-0.3, -0.25) is 4.90 Å². The first-order valence-corrected chi connectivity index (χ1v) is 10.8. The number of benzene rings is 1. The third kappa shape index (κ3) is 4.08. The third-order valence-electron chi connectivity index (χ3n) is 5.00. The molecule has 2 N–H and O–H groups in total. The number of nitrogen functional groups attached to an aromatic ring is 1. The van der Waals surface area contributed by atoms with E-state index in [4.69, 9.17) is 10.2 Å². The second kappa shape index (κ2) is 6.11. The lowest BCUT2D eigenvalue weighted by molar-refractivity contribution is 0.187. The molecule has 1 aliphatic rings. The summed E-state index contributed by atoms with van der Waals surface area (Å²) in [5, 5.41) is 0.288. The van der Waals surface area contributed by atoms with Crippen molar-refractivity contribution in [2.45, 2.75) is 51.9 Å². The van der Waals surface area contributed by atoms with Crippen molar-refractivity contribution in [3.05, 3.63) is 29.3 Å². The van der Waals surface area contributed by atoms with Crippen LogP contribution in [0.25, 0.3) is 0 Å². The van der Waals surface area contributed by atoms with Crippen LogP contribution in [-0.4, -0.2) is 32.9 Å². The molecule has 0 saturated heterocycles. The van der Waals surface area contributed by atoms with Gasteiger partial charge >= 0.3 is 0 Å². The van der Waals surface area contributed by atoms with E-state index < -0.39 is 8.32 Å². The normalized spacial score (nSPS) is 16.8. The Kier molecular flexibility index (Phi) is 4.81. The van der Waals surface area contributed by atoms with Gasteiger partial charge in [0.2, 0.25) is 0 Å². The Bertz CT molecular complexity index is 494. The maximum atomic E-state index is 6.28. The summed E-state index contributed by atoms with van der Waals surface area (Å²) >= 11 is 0. The first-order chi connectivity index (χ1) is 9.69. The first-order valence-electron chi connectivity index (χ1n) is 7.93. The lowest BCUT2D eigenvalue weighted by Crippen LogP contribution is -2.43. The number of anilines is 1. The number of nitrogens with two attached hydrogens (primary N) is 1. The summed E-state index contributed by atoms with van der Waals surface area (Å²) in [5.74, 6) is 0. The summed E-state index contributed by atoms with van der Waals surface area (Å²) < 4.78 is 6.28. The Hall–Kier alpha value is -0.843. The van der Waals surface area contributed by atoms with Crippen molar-refractivity contribution in [3.63, 3.8) is 0 Å². The van der Waals surface area contributed by atoms with Gasteiger partial charge in [0, 0.05) is 31.9 Å². The number of rotatable bonds is 4. The summed E-state index contributed by atoms with van der Waals surface area (Å²) in [6.45, 7) is 15.5. The zero-order valence-electron chi connectivity index (χ0n) is 14.2. The molecule has 0 amide bonds. The number of hydrogen-bond acceptors (Lipinski definition) is 3. The van der Waals surface area contributed by atoms with E-state index in [9.17, 15) is 0 Å². The van der Waals surface area contributed by atoms with Crippen LogP contribution in [0.5, 0.6) is 0 Å². The van der Waals surface area contributed by atoms with Crippen LogP contribution >= 0.6 is 0 Å². The molecular formula is C17H30N2OSi. The van der Waals surface area contributed by atoms with Crippen molar-refractivity contribution in [3.8, 4) is 0 Å². The SMILES string of the molecule is CC(C)(C)[Si](C)(C)OCCN1CCc2ccc(N)cc2C1. The molecule has 1 aromatic carbocycles. The van der Waals surface area contributed by atoms with Gasteiger partial charge in [-0.1, -0.05) is 26.8 Å². The average molecular weight is 307 g/mol. The van der Waals surface area contributed by atoms with E-state index in [0.29, 0.717) is 0 Å². The minimum absolute atomic E-state index is 0.288. The van der Waals surface area contributed by atoms with E-state index in [1.807, 2.05) is 6.07 Å². The summed E-state index contributed by atoms with van der Waals surface area (Å²) in [7, 11) is -1.62. The van der Waals surface area contributed by atoms with Crippen molar-refractivity contribution in [1.29, 1.82) is 0 Å². The molecule has 21 heavy (non-hydrogen) atoms. The topological polar surface area (TPSA) is 38.5 Å². The Morgan fingerprint density at radius 3 is 2.62 bits per heavy atom. The highest BCUT2D eigenvalue weighted by Gasteiger charge is 2.37. The number of hydrogen-bond donors (Lipinski definition) is 1. The van der Waals surface area contributed by atoms with Gasteiger partial charge in [-0.05, 0) is 47.8 Å². The fraction of sp³-hybridized carbons (Fsp3) is 0.647. The molecule has 0 aliphatic carbocycles. The zero-order valence-corrected chi connectivity index (χ0v) is 15.2. The van der Waals surface area contributed by atoms with E-state index in [0.717, 1.165) is 38.3 Å². The summed E-state index contributed by atoms with van der Waals surface area (Å²) in [5.41, 5.74) is 9.60. The molecule has 3 nitrogen and oxygen atoms in total. The molecule has 118 valence electrons. The van der Waals surface area contributed by atoms with Crippen molar-refractivity contribution in [2.75, 3.05) is 25.4 Å². The average Bonchev–Trinajstić information content (AvgIpc) is 2.36. The molecule has 0 saturated carbocycles. The summed E-state index contributed by atoms with van der Waals surface area (Å²) in [6.07, 6.45) is 1.12. The molecular weight excluding hydrogens is 276 g/mol. The molecule has 0 unspecified atom stereocenters. The molecule has 1 aliphatic heterocycles. The van der Waals surface area contributed by atoms with Gasteiger partial charge in [0.1, 0.15) is 0 Å². The fourth-order valence-corrected chi connectivity index (χ4v) is 3.51. The molecule has 2 rings (SSSR count). The summed E-state index contributed by atoms with van der Waals surface area (Å²) in [6, 6.07) is 6.30. The van der Waals surface area contributed by atoms with Crippen molar-refractivity contribution < 1.29 is 4.43 Å². The second-order valence-electron chi connectivity index (χ2n) is 7.66. The van der Waals surface area contributed by atoms with Gasteiger partial charge in [-0.15, -0.1) is 0 Å². The van der Waals surface area contributed by atoms with E-state index in [1.165, 1.54) is 11.1 Å². The maximum Gasteiger partial charge on any atom is 0.192 e. The Balaban J connectivity index is 1.86. The minimum atomic E-state index is -1.62. The minimum Gasteiger partial charge on any atom is -0.416 e. The Labute approximate surface area is 130 Å². The van der Waals surface area contributed by atoms with E-state index >= 15 is 0 Å². The maximum absolute atomic E-state index is 6.28. The predicted molar refractivity (Wildman–Crippen MR) is 93.0 cm³/mol. The van der Waals surface area contributed by atoms with Gasteiger partial charge in [-0.2, -0.15) is 0 Å². The van der Waals surface area contributed by atoms with Crippen molar-refractivity contribution >= 4 is 14.0 Å². The van der Waals surface area contributed by atoms with Crippen LogP contribution in [0.15, 0.2) is 18.2 Å². The van der Waals surface area contributed by atoms with Crippen LogP contribution in [0.3, 0.4) is 0 Å². The molecule has 4 heteroatoms. The standard InChI is InChI=1S/C17H30N2OSi/c1-17(2,3)21(4,5)20-11-10-19-9-8-14-6-7-16(18)12-15(14)13-19/h6-7,12H,8-11,13,18H2,1-5H3. The molecule has 1 aromatic rings. The zero-order chi connectivity index (χ0) is 15.7. The van der Waals surface area contributed by atoms with Crippen LogP contribution in [-0.2, 0) is 17.4 Å². The first kappa shape index (κ1) is 16.5. The van der Waals surface area contributed by atoms with Crippen molar-refractivity contribution in [1.82, 2.24) is 4.90 Å². The van der Waals surface area contributed by atoms with Crippen molar-refractivity contribution in [2.24, 2.45) is 0 Å². The van der Waals surface area contributed by atoms with Crippen LogP contribution in [0.4, 0.5) is 5.69 Å². The largest absolute Gasteiger partial charge is 0.416 e. The number of nitrogens with zero attached hydrogens (tertiary/aromatic N) is 1. The van der Waals surface area contributed by atoms with Gasteiger partial charge in [-0.25, -0.2) is 0 Å². The summed E-state index contributed by atoms with van der Waals surface area (Å²) in [4.78, 5) is 2.48. The molecule has 1 heterocycles. The molecule has 0 spiro atoms. The second-order valence-corrected chi connectivity index (χ2v) is 12.5. The van der Waals surface area contributed by atoms with Gasteiger partial charge in [0.05, 0.1) is 0 Å². The highest BCUT2D eigenvalue weighted by Crippen LogP contribution is 2.36. The van der Waals surface area contributed by atoms with E-state index in [2.05, 4.69) is 50.9 Å². The quantitative estimate of drug-likeness (QED) is 0.681. The third-order valence-corrected chi connectivity index (χ3v) is 9.54. The highest BCUT2D eigenvalue weighted by atomic mass is 28.4. The van der Waals surface area contributed by atoms with Crippen LogP contribution in [0.1, 0.15) is 31.9 Å². The van der Waals surface area contributed by atoms with Gasteiger partial charge in [0.15, 0.2) is 8.32 Å². The van der Waals surface area contributed by atoms with Crippen LogP contribution < -0.4 is 5.73 Å². The smallest absolute Gasteiger partial charge is 0.192 e. The molecule has 0 aromatic heterocycles. The van der Waals surface area contributed by atoms with Gasteiger partial charge in [0.25, 0.3) is 0 Å². The molecule has 0 fully saturated rings. The lowest BCUT2D eigenvalue weighted by atomic mass is 9.99. The monoisotopic (exact) mass is 306 g/mol. The highest BCUT2D eigenvalue weighted by molar-refractivity contribution is 6.74. The molecule has 0 radical (unpaired) electrons. The lowest BCUT2D eigenvalue weighted by Gasteiger charge is -2.37. The van der Waals surface area contributed by atoms with Gasteiger partial charge < -0.3 is 10.2 Å². The number of fused-ring (bicyclic) bond motifs is 1. The van der Waals surface area contributed by atoms with Crippen LogP contribution in [0.2, 0.25) is 18.1 Å². The molecule has 0 atom stereocenters. The Morgan fingerprint density at radius 1 is 1.24 bits per heavy atom.